The molecular formula is C23H39Li4N5O10S3. The van der Waals surface area contributed by atoms with Gasteiger partial charge >= 0.3 is 75.4 Å². The molecule has 0 aromatic heterocycles. The van der Waals surface area contributed by atoms with E-state index in [0.717, 1.165) is 6.42 Å². The Labute approximate surface area is 314 Å². The van der Waals surface area contributed by atoms with E-state index >= 15 is 0 Å². The summed E-state index contributed by atoms with van der Waals surface area (Å²) in [4.78, 5) is 0. The Morgan fingerprint density at radius 1 is 0.600 bits per heavy atom. The molecule has 0 radical (unpaired) electrons. The molecule has 5 fully saturated rings. The van der Waals surface area contributed by atoms with Gasteiger partial charge in [-0.3, -0.25) is 26.6 Å². The molecule has 0 amide bonds. The quantitative estimate of drug-likeness (QED) is 0.0836. The maximum atomic E-state index is 11.9. The normalized spacial score (nSPS) is 40.5. The topological polar surface area (TPSA) is 252 Å². The summed E-state index contributed by atoms with van der Waals surface area (Å²) in [6.07, 6.45) is 3.56. The van der Waals surface area contributed by atoms with Gasteiger partial charge in [-0.25, -0.2) is 25.3 Å². The van der Waals surface area contributed by atoms with Crippen molar-refractivity contribution in [2.24, 2.45) is 23.7 Å². The minimum atomic E-state index is -4.78. The van der Waals surface area contributed by atoms with Crippen LogP contribution in [-0.2, 0) is 30.4 Å². The summed E-state index contributed by atoms with van der Waals surface area (Å²) in [6, 6.07) is -0.183. The molecule has 12 unspecified atom stereocenters. The minimum absolute atomic E-state index is 0. The van der Waals surface area contributed by atoms with Gasteiger partial charge in [0.15, 0.2) is 6.35 Å². The summed E-state index contributed by atoms with van der Waals surface area (Å²) in [6.45, 7) is 0. The monoisotopic (exact) mass is 669 g/mol. The van der Waals surface area contributed by atoms with Crippen LogP contribution in [0.25, 0.3) is 0 Å². The molecule has 1 heterocycles. The van der Waals surface area contributed by atoms with Crippen molar-refractivity contribution in [3.8, 4) is 0 Å². The van der Waals surface area contributed by atoms with E-state index in [1.54, 1.807) is 0 Å². The van der Waals surface area contributed by atoms with Crippen molar-refractivity contribution in [2.45, 2.75) is 111 Å². The van der Waals surface area contributed by atoms with Crippen molar-refractivity contribution >= 4 is 30.4 Å². The molecule has 5 rings (SSSR count). The largest absolute Gasteiger partial charge is 1.00 e. The Balaban J connectivity index is 0.00000253. The second-order valence-electron chi connectivity index (χ2n) is 12.4. The molecular weight excluding hydrogens is 630 g/mol. The third-order valence-electron chi connectivity index (χ3n) is 9.90. The maximum absolute atomic E-state index is 11.9. The zero-order valence-corrected chi connectivity index (χ0v) is 28.9. The molecule has 45 heavy (non-hydrogen) atoms. The fourth-order valence-corrected chi connectivity index (χ4v) is 11.6. The number of hydrogen-bond donors (Lipinski definition) is 6. The Morgan fingerprint density at radius 3 is 1.58 bits per heavy atom. The first-order valence-electron chi connectivity index (χ1n) is 14.2. The molecule has 15 nitrogen and oxygen atoms in total. The Bertz CT molecular complexity index is 1290. The number of rotatable bonds is 7. The summed E-state index contributed by atoms with van der Waals surface area (Å²) < 4.78 is 106. The SMILES string of the molecule is O=S(=O)([O-])C1CC2CC(NC3NC(O)NC(NC4CCC5C(C[CH-]CC5S(=O)(=O)[O-])C4)N3)CCC2C(S(=O)(=O)[O-])C1.[Li+].[Li+].[Li+].[Li+]. The molecule has 12 atom stereocenters. The van der Waals surface area contributed by atoms with E-state index in [1.165, 1.54) is 0 Å². The van der Waals surface area contributed by atoms with E-state index in [0.29, 0.717) is 44.9 Å². The van der Waals surface area contributed by atoms with Crippen LogP contribution in [0.5, 0.6) is 0 Å². The van der Waals surface area contributed by atoms with Crippen LogP contribution in [0.3, 0.4) is 0 Å². The molecule has 6 N–H and O–H groups in total. The van der Waals surface area contributed by atoms with Gasteiger partial charge in [0.05, 0.1) is 40.9 Å². The standard InChI is InChI=1S/C23H42N5O10S3.4Li/c29-23-27-21(24-14-4-6-17-12(8-14)2-1-3-19(17)40(33,34)35)26-22(28-23)25-15-5-7-18-13(9-15)10-16(39(30,31)32)11-20(18)41(36,37)38;;;;/h1,12-29H,2-11H2,(H,30,31,32)(H,33,34,35)(H,36,37,38);;;;/q-1;4*+1/p-3. The van der Waals surface area contributed by atoms with Gasteiger partial charge in [-0.1, -0.05) is 5.92 Å². The molecule has 1 aliphatic heterocycles. The number of aliphatic hydroxyl groups is 1. The third-order valence-corrected chi connectivity index (χ3v) is 13.7. The zero-order valence-electron chi connectivity index (χ0n) is 26.4. The maximum Gasteiger partial charge on any atom is 1.00 e. The fraction of sp³-hybridized carbons (Fsp3) is 0.957. The Morgan fingerprint density at radius 2 is 1.09 bits per heavy atom. The molecule has 4 aliphatic carbocycles. The van der Waals surface area contributed by atoms with Crippen molar-refractivity contribution in [2.75, 3.05) is 0 Å². The molecule has 5 aliphatic rings. The van der Waals surface area contributed by atoms with E-state index in [1.807, 2.05) is 6.42 Å². The van der Waals surface area contributed by atoms with Crippen LogP contribution in [0.4, 0.5) is 0 Å². The van der Waals surface area contributed by atoms with Gasteiger partial charge in [0, 0.05) is 17.3 Å². The van der Waals surface area contributed by atoms with E-state index in [4.69, 9.17) is 0 Å². The van der Waals surface area contributed by atoms with Crippen LogP contribution in [0, 0.1) is 30.1 Å². The van der Waals surface area contributed by atoms with Gasteiger partial charge in [0.2, 0.25) is 0 Å². The molecule has 22 heteroatoms. The number of fused-ring (bicyclic) bond motifs is 2. The van der Waals surface area contributed by atoms with Crippen molar-refractivity contribution in [3.05, 3.63) is 6.42 Å². The molecule has 238 valence electrons. The van der Waals surface area contributed by atoms with Crippen LogP contribution in [0.15, 0.2) is 0 Å². The summed E-state index contributed by atoms with van der Waals surface area (Å²) in [5.74, 6) is -1.01. The van der Waals surface area contributed by atoms with Gasteiger partial charge in [-0.2, -0.15) is 12.8 Å². The third kappa shape index (κ3) is 11.4. The van der Waals surface area contributed by atoms with Crippen LogP contribution < -0.4 is 102 Å². The van der Waals surface area contributed by atoms with Crippen molar-refractivity contribution in [1.82, 2.24) is 26.6 Å². The van der Waals surface area contributed by atoms with Gasteiger partial charge in [0.25, 0.3) is 0 Å². The minimum Gasteiger partial charge on any atom is -0.748 e. The first-order chi connectivity index (χ1) is 19.1. The van der Waals surface area contributed by atoms with E-state index in [9.17, 15) is 44.0 Å². The van der Waals surface area contributed by atoms with Gasteiger partial charge in [0.1, 0.15) is 12.6 Å². The smallest absolute Gasteiger partial charge is 0.748 e. The first kappa shape index (κ1) is 44.9. The van der Waals surface area contributed by atoms with Crippen molar-refractivity contribution in [1.29, 1.82) is 0 Å². The van der Waals surface area contributed by atoms with Crippen molar-refractivity contribution < 1.29 is 119 Å². The van der Waals surface area contributed by atoms with E-state index in [2.05, 4.69) is 26.6 Å². The van der Waals surface area contributed by atoms with Crippen LogP contribution in [0.2, 0.25) is 0 Å². The van der Waals surface area contributed by atoms with Gasteiger partial charge < -0.3 is 25.2 Å². The predicted molar refractivity (Wildman–Crippen MR) is 142 cm³/mol. The van der Waals surface area contributed by atoms with Gasteiger partial charge in [-0.15, -0.1) is 0 Å². The molecule has 0 bridgehead atoms. The Kier molecular flexibility index (Phi) is 17.8. The number of hydrogen-bond acceptors (Lipinski definition) is 15. The second kappa shape index (κ2) is 17.9. The molecule has 0 spiro atoms. The summed E-state index contributed by atoms with van der Waals surface area (Å²) >= 11 is 0. The first-order valence-corrected chi connectivity index (χ1v) is 18.6. The Hall–Kier alpha value is 1.88. The zero-order chi connectivity index (χ0) is 29.7. The number of aliphatic hydroxyl groups excluding tert-OH is 1. The van der Waals surface area contributed by atoms with E-state index in [-0.39, 0.29) is 106 Å². The summed E-state index contributed by atoms with van der Waals surface area (Å²) in [5, 5.41) is 22.6. The summed E-state index contributed by atoms with van der Waals surface area (Å²) in [5.41, 5.74) is 0. The van der Waals surface area contributed by atoms with Crippen LogP contribution in [-0.4, -0.2) is 90.8 Å². The number of nitrogens with one attached hydrogen (secondary N) is 5. The fourth-order valence-electron chi connectivity index (χ4n) is 8.11. The molecule has 0 aromatic rings. The average Bonchev–Trinajstić information content (AvgIpc) is 2.85. The molecule has 4 saturated carbocycles. The van der Waals surface area contributed by atoms with Gasteiger partial charge in [-0.05, 0) is 69.1 Å². The predicted octanol–water partition coefficient (Wildman–Crippen LogP) is -14.1. The van der Waals surface area contributed by atoms with Crippen LogP contribution in [0.1, 0.15) is 64.2 Å². The van der Waals surface area contributed by atoms with Crippen molar-refractivity contribution in [3.63, 3.8) is 0 Å². The molecule has 0 aromatic carbocycles. The van der Waals surface area contributed by atoms with E-state index < -0.39 is 83.3 Å². The summed E-state index contributed by atoms with van der Waals surface area (Å²) in [7, 11) is -13.9. The van der Waals surface area contributed by atoms with Crippen LogP contribution >= 0.6 is 0 Å². The second-order valence-corrected chi connectivity index (χ2v) is 17.2. The average molecular weight is 670 g/mol. The molecule has 1 saturated heterocycles.